The molecule has 2 heterocycles. The minimum absolute atomic E-state index is 0. The van der Waals surface area contributed by atoms with Crippen LogP contribution in [0.25, 0.3) is 5.52 Å². The van der Waals surface area contributed by atoms with Gasteiger partial charge in [-0.05, 0) is 53.9 Å². The van der Waals surface area contributed by atoms with Crippen LogP contribution in [0.2, 0.25) is 0 Å². The quantitative estimate of drug-likeness (QED) is 0.0969. The molecule has 0 fully saturated rings. The molecule has 0 spiro atoms. The lowest BCUT2D eigenvalue weighted by molar-refractivity contribution is -0.520. The molecule has 0 unspecified atom stereocenters. The minimum Gasteiger partial charge on any atom is -1.00 e. The lowest BCUT2D eigenvalue weighted by atomic mass is 10.1. The molecule has 4 rings (SSSR count). The van der Waals surface area contributed by atoms with Crippen molar-refractivity contribution in [1.29, 1.82) is 0 Å². The maximum absolute atomic E-state index is 14.9. The van der Waals surface area contributed by atoms with E-state index in [0.717, 1.165) is 47.4 Å². The first kappa shape index (κ1) is 35.3. The molecule has 0 saturated heterocycles. The molecule has 2 aromatic carbocycles. The summed E-state index contributed by atoms with van der Waals surface area (Å²) in [6, 6.07) is 19.1. The number of rotatable bonds is 19. The number of pyridine rings is 1. The van der Waals surface area contributed by atoms with E-state index in [1.54, 1.807) is 11.0 Å². The molecule has 0 bridgehead atoms. The molecule has 0 aliphatic rings. The SMILES string of the molecule is CCCCCCCCCCCCCCOc1ccc(CN(C(C)=O)c2ccc(Cc3[nH]cc4cccc[n+]34)cc2)cc1F.[Br-]. The van der Waals surface area contributed by atoms with E-state index in [2.05, 4.69) is 22.4 Å². The van der Waals surface area contributed by atoms with Crippen molar-refractivity contribution in [3.63, 3.8) is 0 Å². The van der Waals surface area contributed by atoms with Crippen molar-refractivity contribution in [3.05, 3.63) is 95.8 Å². The number of H-pyrrole nitrogens is 1. The first-order valence-electron chi connectivity index (χ1n) is 16.3. The van der Waals surface area contributed by atoms with Gasteiger partial charge >= 0.3 is 0 Å². The van der Waals surface area contributed by atoms with E-state index >= 15 is 0 Å². The van der Waals surface area contributed by atoms with Crippen LogP contribution >= 0.6 is 0 Å². The third-order valence-corrected chi connectivity index (χ3v) is 8.16. The molecular formula is C37H49BrFN3O2. The number of halogens is 2. The van der Waals surface area contributed by atoms with Crippen molar-refractivity contribution in [1.82, 2.24) is 4.98 Å². The van der Waals surface area contributed by atoms with Gasteiger partial charge in [0.15, 0.2) is 17.1 Å². The van der Waals surface area contributed by atoms with Crippen LogP contribution in [0.1, 0.15) is 108 Å². The summed E-state index contributed by atoms with van der Waals surface area (Å²) in [4.78, 5) is 17.6. The summed E-state index contributed by atoms with van der Waals surface area (Å²) in [5.74, 6) is 0.890. The Balaban J connectivity index is 0.00000529. The fraction of sp³-hybridized carbons (Fsp3) is 0.459. The molecule has 0 saturated carbocycles. The molecule has 4 aromatic rings. The van der Waals surface area contributed by atoms with Crippen LogP contribution in [-0.4, -0.2) is 17.5 Å². The fourth-order valence-corrected chi connectivity index (χ4v) is 5.62. The number of fused-ring (bicyclic) bond motifs is 1. The zero-order valence-electron chi connectivity index (χ0n) is 26.5. The number of aromatic amines is 1. The van der Waals surface area contributed by atoms with Crippen LogP contribution in [-0.2, 0) is 17.8 Å². The van der Waals surface area contributed by atoms with Crippen molar-refractivity contribution < 1.29 is 35.3 Å². The van der Waals surface area contributed by atoms with Crippen molar-refractivity contribution >= 4 is 17.1 Å². The predicted octanol–water partition coefficient (Wildman–Crippen LogP) is 6.12. The Morgan fingerprint density at radius 2 is 1.48 bits per heavy atom. The Morgan fingerprint density at radius 3 is 2.11 bits per heavy atom. The summed E-state index contributed by atoms with van der Waals surface area (Å²) >= 11 is 0. The number of imidazole rings is 1. The Labute approximate surface area is 273 Å². The van der Waals surface area contributed by atoms with Crippen LogP contribution in [0, 0.1) is 5.82 Å². The van der Waals surface area contributed by atoms with Gasteiger partial charge in [-0.3, -0.25) is 4.79 Å². The lowest BCUT2D eigenvalue weighted by Gasteiger charge is -2.22. The number of carbonyl (C=O) groups is 1. The Kier molecular flexibility index (Phi) is 15.4. The highest BCUT2D eigenvalue weighted by molar-refractivity contribution is 5.91. The first-order chi connectivity index (χ1) is 21.0. The number of ether oxygens (including phenoxy) is 1. The molecule has 5 nitrogen and oxygen atoms in total. The van der Waals surface area contributed by atoms with E-state index in [1.807, 2.05) is 54.9 Å². The molecule has 1 amide bonds. The number of amides is 1. The largest absolute Gasteiger partial charge is 1.00 e. The molecule has 0 aliphatic heterocycles. The highest BCUT2D eigenvalue weighted by atomic mass is 79.9. The lowest BCUT2D eigenvalue weighted by Crippen LogP contribution is -3.00. The van der Waals surface area contributed by atoms with E-state index in [0.29, 0.717) is 13.2 Å². The molecule has 0 aliphatic carbocycles. The zero-order chi connectivity index (χ0) is 30.3. The molecule has 0 atom stereocenters. The Bertz CT molecular complexity index is 1410. The summed E-state index contributed by atoms with van der Waals surface area (Å²) in [7, 11) is 0. The van der Waals surface area contributed by atoms with Gasteiger partial charge in [0, 0.05) is 12.6 Å². The van der Waals surface area contributed by atoms with Gasteiger partial charge in [0.25, 0.3) is 5.82 Å². The smallest absolute Gasteiger partial charge is 0.263 e. The van der Waals surface area contributed by atoms with E-state index in [9.17, 15) is 9.18 Å². The second-order valence-electron chi connectivity index (χ2n) is 11.7. The number of aromatic nitrogens is 2. The maximum Gasteiger partial charge on any atom is 0.263 e. The van der Waals surface area contributed by atoms with Gasteiger partial charge in [-0.1, -0.05) is 102 Å². The van der Waals surface area contributed by atoms with E-state index in [4.69, 9.17) is 4.74 Å². The number of anilines is 1. The molecule has 0 radical (unpaired) electrons. The second-order valence-corrected chi connectivity index (χ2v) is 11.7. The number of nitrogens with one attached hydrogen (secondary N) is 1. The van der Waals surface area contributed by atoms with Gasteiger partial charge in [0.2, 0.25) is 5.91 Å². The first-order valence-corrected chi connectivity index (χ1v) is 16.3. The normalized spacial score (nSPS) is 11.0. The van der Waals surface area contributed by atoms with Crippen LogP contribution in [0.5, 0.6) is 5.75 Å². The number of nitrogens with zero attached hydrogens (tertiary/aromatic N) is 2. The third-order valence-electron chi connectivity index (χ3n) is 8.16. The van der Waals surface area contributed by atoms with Gasteiger partial charge in [-0.15, -0.1) is 0 Å². The average molecular weight is 667 g/mol. The molecule has 2 aromatic heterocycles. The van der Waals surface area contributed by atoms with Crippen molar-refractivity contribution in [2.24, 2.45) is 0 Å². The highest BCUT2D eigenvalue weighted by Crippen LogP contribution is 2.23. The van der Waals surface area contributed by atoms with Crippen molar-refractivity contribution in [2.45, 2.75) is 104 Å². The topological polar surface area (TPSA) is 49.4 Å². The summed E-state index contributed by atoms with van der Waals surface area (Å²) in [6.07, 6.45) is 20.2. The predicted molar refractivity (Wildman–Crippen MR) is 173 cm³/mol. The van der Waals surface area contributed by atoms with Gasteiger partial charge in [0.05, 0.1) is 25.8 Å². The number of unbranched alkanes of at least 4 members (excludes halogenated alkanes) is 11. The number of hydrogen-bond donors (Lipinski definition) is 1. The highest BCUT2D eigenvalue weighted by Gasteiger charge is 2.16. The van der Waals surface area contributed by atoms with E-state index in [-0.39, 0.29) is 34.5 Å². The maximum atomic E-state index is 14.9. The van der Waals surface area contributed by atoms with Crippen LogP contribution < -0.4 is 31.0 Å². The van der Waals surface area contributed by atoms with Crippen LogP contribution in [0.3, 0.4) is 0 Å². The Morgan fingerprint density at radius 1 is 0.841 bits per heavy atom. The van der Waals surface area contributed by atoms with Crippen LogP contribution in [0.4, 0.5) is 10.1 Å². The average Bonchev–Trinajstić information content (AvgIpc) is 3.42. The number of benzene rings is 2. The summed E-state index contributed by atoms with van der Waals surface area (Å²) in [6.45, 7) is 4.62. The molecule has 44 heavy (non-hydrogen) atoms. The van der Waals surface area contributed by atoms with Gasteiger partial charge in [-0.2, -0.15) is 4.40 Å². The van der Waals surface area contributed by atoms with E-state index in [1.165, 1.54) is 77.2 Å². The zero-order valence-corrected chi connectivity index (χ0v) is 28.1. The summed E-state index contributed by atoms with van der Waals surface area (Å²) < 4.78 is 22.7. The summed E-state index contributed by atoms with van der Waals surface area (Å²) in [5.41, 5.74) is 3.76. The number of carbonyl (C=O) groups excluding carboxylic acids is 1. The summed E-state index contributed by atoms with van der Waals surface area (Å²) in [5, 5.41) is 0. The van der Waals surface area contributed by atoms with Crippen molar-refractivity contribution in [2.75, 3.05) is 11.5 Å². The Hall–Kier alpha value is -3.19. The third kappa shape index (κ3) is 11.1. The second kappa shape index (κ2) is 19.3. The van der Waals surface area contributed by atoms with E-state index < -0.39 is 0 Å². The van der Waals surface area contributed by atoms with Gasteiger partial charge < -0.3 is 26.6 Å². The minimum atomic E-state index is -0.383. The van der Waals surface area contributed by atoms with Gasteiger partial charge in [-0.25, -0.2) is 9.37 Å². The van der Waals surface area contributed by atoms with Crippen LogP contribution in [0.15, 0.2) is 73.1 Å². The fourth-order valence-electron chi connectivity index (χ4n) is 5.62. The monoisotopic (exact) mass is 665 g/mol. The standard InChI is InChI=1S/C37H48FN3O2.BrH/c1-3-4-5-6-7-8-9-10-11-12-13-16-25-43-36-23-20-32(26-35(36)38)29-41(30(2)42)33-21-18-31(19-22-33)27-37-39-28-34-17-14-15-24-40(34)37;/h14-15,17-24,26,28H,3-13,16,25,27,29H2,1-2H3;1H. The molecule has 7 heteroatoms. The molecule has 238 valence electrons. The van der Waals surface area contributed by atoms with Gasteiger partial charge in [0.1, 0.15) is 6.20 Å². The molecule has 1 N–H and O–H groups in total. The number of hydrogen-bond acceptors (Lipinski definition) is 2. The molecular weight excluding hydrogens is 617 g/mol. The van der Waals surface area contributed by atoms with Crippen molar-refractivity contribution in [3.8, 4) is 5.75 Å².